The molecule has 1 aromatic carbocycles. The summed E-state index contributed by atoms with van der Waals surface area (Å²) in [6.45, 7) is 0.858. The maximum absolute atomic E-state index is 6.11. The highest BCUT2D eigenvalue weighted by Gasteiger charge is 2.19. The average Bonchev–Trinajstić information content (AvgIpc) is 3.25. The lowest BCUT2D eigenvalue weighted by Gasteiger charge is -2.08. The Morgan fingerprint density at radius 1 is 1.30 bits per heavy atom. The van der Waals surface area contributed by atoms with Gasteiger partial charge in [0.15, 0.2) is 0 Å². The molecular weight excluding hydrogens is 340 g/mol. The van der Waals surface area contributed by atoms with Crippen LogP contribution < -0.4 is 10.1 Å². The van der Waals surface area contributed by atoms with Gasteiger partial charge in [-0.25, -0.2) is 4.98 Å². The highest BCUT2D eigenvalue weighted by Crippen LogP contribution is 2.30. The lowest BCUT2D eigenvalue weighted by atomic mass is 10.3. The molecule has 104 valence electrons. The zero-order chi connectivity index (χ0) is 13.9. The molecule has 1 fully saturated rings. The van der Waals surface area contributed by atoms with Crippen LogP contribution in [0.5, 0.6) is 11.6 Å². The summed E-state index contributed by atoms with van der Waals surface area (Å²) in [6, 6.07) is 10.1. The van der Waals surface area contributed by atoms with Crippen molar-refractivity contribution in [1.82, 2.24) is 10.3 Å². The van der Waals surface area contributed by atoms with Gasteiger partial charge in [0.1, 0.15) is 5.75 Å². The Bertz CT molecular complexity index is 599. The van der Waals surface area contributed by atoms with E-state index in [9.17, 15) is 0 Å². The summed E-state index contributed by atoms with van der Waals surface area (Å²) in [7, 11) is 0. The topological polar surface area (TPSA) is 34.1 Å². The number of hydrogen-bond acceptors (Lipinski definition) is 3. The van der Waals surface area contributed by atoms with E-state index in [2.05, 4.69) is 26.2 Å². The van der Waals surface area contributed by atoms with Crippen LogP contribution in [0.15, 0.2) is 41.0 Å². The first-order chi connectivity index (χ1) is 9.70. The molecule has 1 aromatic heterocycles. The maximum Gasteiger partial charge on any atom is 0.219 e. The number of benzene rings is 1. The fourth-order valence-corrected chi connectivity index (χ4v) is 2.51. The molecule has 0 aliphatic heterocycles. The Balaban J connectivity index is 1.64. The van der Waals surface area contributed by atoms with E-state index in [1.165, 1.54) is 12.8 Å². The van der Waals surface area contributed by atoms with E-state index in [1.807, 2.05) is 30.5 Å². The Morgan fingerprint density at radius 3 is 2.80 bits per heavy atom. The second-order valence-corrected chi connectivity index (χ2v) is 6.16. The average molecular weight is 354 g/mol. The van der Waals surface area contributed by atoms with Crippen molar-refractivity contribution in [3.63, 3.8) is 0 Å². The molecule has 1 N–H and O–H groups in total. The monoisotopic (exact) mass is 352 g/mol. The normalized spacial score (nSPS) is 14.3. The molecule has 1 aliphatic carbocycles. The highest BCUT2D eigenvalue weighted by molar-refractivity contribution is 9.10. The second kappa shape index (κ2) is 6.12. The number of hydrogen-bond donors (Lipinski definition) is 1. The molecular formula is C15H14BrClN2O. The van der Waals surface area contributed by atoms with Crippen molar-refractivity contribution in [2.24, 2.45) is 0 Å². The van der Waals surface area contributed by atoms with Crippen LogP contribution >= 0.6 is 27.5 Å². The predicted octanol–water partition coefficient (Wildman–Crippen LogP) is 4.54. The molecule has 3 nitrogen and oxygen atoms in total. The number of pyridine rings is 1. The Hall–Kier alpha value is -1.10. The van der Waals surface area contributed by atoms with Crippen LogP contribution in [0.4, 0.5) is 0 Å². The van der Waals surface area contributed by atoms with E-state index in [-0.39, 0.29) is 0 Å². The molecule has 0 spiro atoms. The van der Waals surface area contributed by atoms with E-state index in [0.29, 0.717) is 22.7 Å². The van der Waals surface area contributed by atoms with Gasteiger partial charge in [0.2, 0.25) is 5.88 Å². The summed E-state index contributed by atoms with van der Waals surface area (Å²) in [5.41, 5.74) is 1.16. The number of ether oxygens (including phenoxy) is 1. The highest BCUT2D eigenvalue weighted by atomic mass is 79.9. The van der Waals surface area contributed by atoms with Crippen molar-refractivity contribution in [2.75, 3.05) is 0 Å². The van der Waals surface area contributed by atoms with Crippen LogP contribution in [0.25, 0.3) is 0 Å². The molecule has 0 amide bonds. The summed E-state index contributed by atoms with van der Waals surface area (Å²) < 4.78 is 6.59. The standard InChI is InChI=1S/C15H14BrClN2O/c16-11-2-5-14(13(17)7-11)20-15-6-1-10(9-19-15)8-18-12-3-4-12/h1-2,5-7,9,12,18H,3-4,8H2. The molecule has 0 saturated heterocycles. The van der Waals surface area contributed by atoms with Gasteiger partial charge < -0.3 is 10.1 Å². The van der Waals surface area contributed by atoms with Crippen LogP contribution in [-0.2, 0) is 6.54 Å². The summed E-state index contributed by atoms with van der Waals surface area (Å²) >= 11 is 9.47. The zero-order valence-corrected chi connectivity index (χ0v) is 13.1. The molecule has 0 atom stereocenters. The molecule has 0 bridgehead atoms. The van der Waals surface area contributed by atoms with Crippen LogP contribution in [-0.4, -0.2) is 11.0 Å². The largest absolute Gasteiger partial charge is 0.437 e. The Kier molecular flexibility index (Phi) is 4.24. The van der Waals surface area contributed by atoms with E-state index in [4.69, 9.17) is 16.3 Å². The van der Waals surface area contributed by atoms with Crippen LogP contribution in [0.1, 0.15) is 18.4 Å². The zero-order valence-electron chi connectivity index (χ0n) is 10.8. The van der Waals surface area contributed by atoms with Gasteiger partial charge in [-0.15, -0.1) is 0 Å². The summed E-state index contributed by atoms with van der Waals surface area (Å²) in [5, 5.41) is 4.01. The molecule has 0 radical (unpaired) electrons. The van der Waals surface area contributed by atoms with Crippen molar-refractivity contribution in [2.45, 2.75) is 25.4 Å². The molecule has 1 saturated carbocycles. The minimum Gasteiger partial charge on any atom is -0.437 e. The molecule has 1 heterocycles. The molecule has 5 heteroatoms. The van der Waals surface area contributed by atoms with E-state index < -0.39 is 0 Å². The first-order valence-electron chi connectivity index (χ1n) is 6.52. The molecule has 1 aliphatic rings. The molecule has 3 rings (SSSR count). The van der Waals surface area contributed by atoms with E-state index in [0.717, 1.165) is 16.6 Å². The van der Waals surface area contributed by atoms with E-state index >= 15 is 0 Å². The predicted molar refractivity (Wildman–Crippen MR) is 83.3 cm³/mol. The van der Waals surface area contributed by atoms with Crippen molar-refractivity contribution >= 4 is 27.5 Å². The van der Waals surface area contributed by atoms with Gasteiger partial charge in [-0.05, 0) is 36.6 Å². The summed E-state index contributed by atoms with van der Waals surface area (Å²) in [5.74, 6) is 1.15. The molecule has 20 heavy (non-hydrogen) atoms. The summed E-state index contributed by atoms with van der Waals surface area (Å²) in [6.07, 6.45) is 4.41. The first kappa shape index (κ1) is 13.9. The van der Waals surface area contributed by atoms with Crippen LogP contribution in [0, 0.1) is 0 Å². The second-order valence-electron chi connectivity index (χ2n) is 4.84. The fraction of sp³-hybridized carbons (Fsp3) is 0.267. The third-order valence-corrected chi connectivity index (χ3v) is 3.87. The van der Waals surface area contributed by atoms with Gasteiger partial charge in [-0.1, -0.05) is 33.6 Å². The fourth-order valence-electron chi connectivity index (χ4n) is 1.80. The van der Waals surface area contributed by atoms with Crippen LogP contribution in [0.2, 0.25) is 5.02 Å². The smallest absolute Gasteiger partial charge is 0.219 e. The van der Waals surface area contributed by atoms with Crippen molar-refractivity contribution in [1.29, 1.82) is 0 Å². The van der Waals surface area contributed by atoms with Gasteiger partial charge in [0.05, 0.1) is 5.02 Å². The third kappa shape index (κ3) is 3.72. The number of nitrogens with one attached hydrogen (secondary N) is 1. The van der Waals surface area contributed by atoms with Gasteiger partial charge in [0.25, 0.3) is 0 Å². The van der Waals surface area contributed by atoms with Gasteiger partial charge in [-0.2, -0.15) is 0 Å². The lowest BCUT2D eigenvalue weighted by Crippen LogP contribution is -2.15. The Labute approximate surface area is 131 Å². The van der Waals surface area contributed by atoms with Gasteiger partial charge in [0, 0.05) is 29.3 Å². The van der Waals surface area contributed by atoms with Gasteiger partial charge >= 0.3 is 0 Å². The number of nitrogens with zero attached hydrogens (tertiary/aromatic N) is 1. The third-order valence-electron chi connectivity index (χ3n) is 3.08. The minimum absolute atomic E-state index is 0.546. The SMILES string of the molecule is Clc1cc(Br)ccc1Oc1ccc(CNC2CC2)cn1. The van der Waals surface area contributed by atoms with Crippen molar-refractivity contribution in [3.05, 3.63) is 51.6 Å². The number of aromatic nitrogens is 1. The molecule has 2 aromatic rings. The summed E-state index contributed by atoms with van der Waals surface area (Å²) in [4.78, 5) is 4.30. The van der Waals surface area contributed by atoms with E-state index in [1.54, 1.807) is 6.07 Å². The van der Waals surface area contributed by atoms with Crippen molar-refractivity contribution in [3.8, 4) is 11.6 Å². The Morgan fingerprint density at radius 2 is 2.15 bits per heavy atom. The first-order valence-corrected chi connectivity index (χ1v) is 7.69. The van der Waals surface area contributed by atoms with Gasteiger partial charge in [-0.3, -0.25) is 0 Å². The maximum atomic E-state index is 6.11. The number of rotatable bonds is 5. The number of halogens is 2. The quantitative estimate of drug-likeness (QED) is 0.857. The minimum atomic E-state index is 0.546. The van der Waals surface area contributed by atoms with Crippen molar-refractivity contribution < 1.29 is 4.74 Å². The molecule has 0 unspecified atom stereocenters. The van der Waals surface area contributed by atoms with Crippen LogP contribution in [0.3, 0.4) is 0 Å². The lowest BCUT2D eigenvalue weighted by molar-refractivity contribution is 0.462.